The van der Waals surface area contributed by atoms with E-state index in [9.17, 15) is 13.6 Å². The minimum atomic E-state index is -2.95. The molecule has 0 bridgehead atoms. The molecule has 1 atom stereocenters. The number of hydrogen-bond acceptors (Lipinski definition) is 4. The maximum absolute atomic E-state index is 12.9. The first-order valence-electron chi connectivity index (χ1n) is 8.75. The van der Waals surface area contributed by atoms with Crippen LogP contribution in [-0.4, -0.2) is 37.6 Å². The molecule has 7 heteroatoms. The monoisotopic (exact) mass is 376 g/mol. The van der Waals surface area contributed by atoms with E-state index in [0.29, 0.717) is 31.6 Å². The maximum Gasteiger partial charge on any atom is 0.387 e. The van der Waals surface area contributed by atoms with Crippen LogP contribution in [0.2, 0.25) is 0 Å². The van der Waals surface area contributed by atoms with Crippen molar-refractivity contribution in [3.8, 4) is 11.5 Å². The van der Waals surface area contributed by atoms with Gasteiger partial charge in [0.15, 0.2) is 11.5 Å². The summed E-state index contributed by atoms with van der Waals surface area (Å²) < 4.78 is 35.7. The number of benzene rings is 2. The largest absolute Gasteiger partial charge is 0.493 e. The molecule has 0 saturated carbocycles. The summed E-state index contributed by atoms with van der Waals surface area (Å²) in [6.07, 6.45) is 0.305. The summed E-state index contributed by atoms with van der Waals surface area (Å²) in [6.45, 7) is -1.50. The lowest BCUT2D eigenvalue weighted by atomic mass is 10.0. The lowest BCUT2D eigenvalue weighted by Crippen LogP contribution is -2.30. The molecule has 2 aromatic carbocycles. The topological polar surface area (TPSA) is 50.8 Å². The van der Waals surface area contributed by atoms with Crippen molar-refractivity contribution in [1.29, 1.82) is 0 Å². The number of alkyl halides is 2. The number of para-hydroxylation sites is 1. The predicted octanol–water partition coefficient (Wildman–Crippen LogP) is 3.36. The number of rotatable bonds is 6. The van der Waals surface area contributed by atoms with Crippen molar-refractivity contribution >= 4 is 5.91 Å². The predicted molar refractivity (Wildman–Crippen MR) is 96.8 cm³/mol. The molecule has 144 valence electrons. The van der Waals surface area contributed by atoms with Gasteiger partial charge in [-0.15, -0.1) is 0 Å². The van der Waals surface area contributed by atoms with Gasteiger partial charge in [-0.2, -0.15) is 8.78 Å². The molecule has 0 aromatic heterocycles. The van der Waals surface area contributed by atoms with E-state index in [-0.39, 0.29) is 23.4 Å². The Hall–Kier alpha value is -2.67. The van der Waals surface area contributed by atoms with Crippen molar-refractivity contribution < 1.29 is 23.0 Å². The van der Waals surface area contributed by atoms with Crippen molar-refractivity contribution in [2.24, 2.45) is 0 Å². The second kappa shape index (κ2) is 8.81. The molecule has 1 N–H and O–H groups in total. The highest BCUT2D eigenvalue weighted by molar-refractivity contribution is 5.77. The minimum absolute atomic E-state index is 0.0268. The molecule has 1 heterocycles. The van der Waals surface area contributed by atoms with Crippen LogP contribution in [0.15, 0.2) is 48.5 Å². The van der Waals surface area contributed by atoms with Crippen molar-refractivity contribution in [3.05, 3.63) is 59.7 Å². The summed E-state index contributed by atoms with van der Waals surface area (Å²) in [6, 6.07) is 14.6. The molecule has 1 unspecified atom stereocenters. The van der Waals surface area contributed by atoms with E-state index in [4.69, 9.17) is 9.47 Å². The summed E-state index contributed by atoms with van der Waals surface area (Å²) in [5, 5.41) is 2.87. The summed E-state index contributed by atoms with van der Waals surface area (Å²) in [4.78, 5) is 14.2. The smallest absolute Gasteiger partial charge is 0.387 e. The zero-order valence-corrected chi connectivity index (χ0v) is 15.0. The number of nitrogens with one attached hydrogen (secondary N) is 1. The third kappa shape index (κ3) is 4.74. The highest BCUT2D eigenvalue weighted by atomic mass is 19.3. The Labute approximate surface area is 156 Å². The molecule has 1 aliphatic heterocycles. The fourth-order valence-corrected chi connectivity index (χ4v) is 3.35. The fourth-order valence-electron chi connectivity index (χ4n) is 3.35. The molecule has 1 amide bonds. The van der Waals surface area contributed by atoms with E-state index in [1.165, 1.54) is 7.11 Å². The highest BCUT2D eigenvalue weighted by Crippen LogP contribution is 2.35. The molecular weight excluding hydrogens is 354 g/mol. The first-order chi connectivity index (χ1) is 13.1. The van der Waals surface area contributed by atoms with Crippen molar-refractivity contribution in [3.63, 3.8) is 0 Å². The quantitative estimate of drug-likeness (QED) is 0.840. The van der Waals surface area contributed by atoms with Gasteiger partial charge in [-0.25, -0.2) is 0 Å². The van der Waals surface area contributed by atoms with E-state index in [1.807, 2.05) is 30.3 Å². The molecule has 3 rings (SSSR count). The number of amides is 1. The number of ether oxygens (including phenoxy) is 2. The maximum atomic E-state index is 12.9. The third-order valence-corrected chi connectivity index (χ3v) is 4.59. The minimum Gasteiger partial charge on any atom is -0.493 e. The number of carbonyl (C=O) groups excluding carboxylic acids is 1. The Morgan fingerprint density at radius 1 is 1.19 bits per heavy atom. The number of halogens is 2. The van der Waals surface area contributed by atoms with E-state index >= 15 is 0 Å². The van der Waals surface area contributed by atoms with Crippen molar-refractivity contribution in [2.45, 2.75) is 25.6 Å². The van der Waals surface area contributed by atoms with E-state index < -0.39 is 6.61 Å². The van der Waals surface area contributed by atoms with Gasteiger partial charge in [-0.05, 0) is 11.6 Å². The number of methoxy groups -OCH3 is 1. The summed E-state index contributed by atoms with van der Waals surface area (Å²) in [5.74, 6) is 0.263. The molecule has 1 aliphatic rings. The molecule has 0 radical (unpaired) electrons. The van der Waals surface area contributed by atoms with Crippen LogP contribution in [0.5, 0.6) is 11.5 Å². The number of hydrogen-bond donors (Lipinski definition) is 1. The van der Waals surface area contributed by atoms with E-state index in [1.54, 1.807) is 18.2 Å². The van der Waals surface area contributed by atoms with Gasteiger partial charge in [0, 0.05) is 37.7 Å². The fraction of sp³-hybridized carbons (Fsp3) is 0.350. The molecule has 1 fully saturated rings. The SMILES string of the molecule is COc1cccc(CN2CCNC(=O)CC2c2ccccc2)c1OC(F)F. The lowest BCUT2D eigenvalue weighted by molar-refractivity contribution is -0.121. The lowest BCUT2D eigenvalue weighted by Gasteiger charge is -2.30. The van der Waals surface area contributed by atoms with Crippen LogP contribution >= 0.6 is 0 Å². The molecule has 1 saturated heterocycles. The molecule has 0 spiro atoms. The normalized spacial score (nSPS) is 18.1. The highest BCUT2D eigenvalue weighted by Gasteiger charge is 2.27. The summed E-state index contributed by atoms with van der Waals surface area (Å²) in [7, 11) is 1.42. The van der Waals surface area contributed by atoms with Gasteiger partial charge in [-0.3, -0.25) is 9.69 Å². The zero-order valence-electron chi connectivity index (χ0n) is 15.0. The van der Waals surface area contributed by atoms with Crippen molar-refractivity contribution in [1.82, 2.24) is 10.2 Å². The van der Waals surface area contributed by atoms with Crippen LogP contribution < -0.4 is 14.8 Å². The van der Waals surface area contributed by atoms with Gasteiger partial charge in [0.25, 0.3) is 0 Å². The Morgan fingerprint density at radius 2 is 1.96 bits per heavy atom. The van der Waals surface area contributed by atoms with Gasteiger partial charge in [0.2, 0.25) is 5.91 Å². The van der Waals surface area contributed by atoms with Crippen molar-refractivity contribution in [2.75, 3.05) is 20.2 Å². The number of nitrogens with zero attached hydrogens (tertiary/aromatic N) is 1. The Bertz CT molecular complexity index is 771. The molecule has 2 aromatic rings. The van der Waals surface area contributed by atoms with E-state index in [0.717, 1.165) is 5.56 Å². The second-order valence-electron chi connectivity index (χ2n) is 6.28. The van der Waals surface area contributed by atoms with Crippen LogP contribution in [0, 0.1) is 0 Å². The van der Waals surface area contributed by atoms with Crippen LogP contribution in [0.4, 0.5) is 8.78 Å². The first kappa shape index (κ1) is 19.1. The van der Waals surface area contributed by atoms with Crippen LogP contribution in [0.25, 0.3) is 0 Å². The molecule has 5 nitrogen and oxygen atoms in total. The van der Waals surface area contributed by atoms with Gasteiger partial charge in [-0.1, -0.05) is 42.5 Å². The van der Waals surface area contributed by atoms with Crippen LogP contribution in [0.1, 0.15) is 23.6 Å². The first-order valence-corrected chi connectivity index (χ1v) is 8.75. The third-order valence-electron chi connectivity index (χ3n) is 4.59. The standard InChI is InChI=1S/C20H22F2N2O3/c1-26-17-9-5-8-15(19(17)27-20(21)22)13-24-11-10-23-18(25)12-16(24)14-6-3-2-4-7-14/h2-9,16,20H,10-13H2,1H3,(H,23,25). The second-order valence-corrected chi connectivity index (χ2v) is 6.28. The molecular formula is C20H22F2N2O3. The van der Waals surface area contributed by atoms with Gasteiger partial charge in [0.1, 0.15) is 0 Å². The van der Waals surface area contributed by atoms with Crippen LogP contribution in [0.3, 0.4) is 0 Å². The van der Waals surface area contributed by atoms with Gasteiger partial charge >= 0.3 is 6.61 Å². The Balaban J connectivity index is 1.93. The average molecular weight is 376 g/mol. The zero-order chi connectivity index (χ0) is 19.2. The Kier molecular flexibility index (Phi) is 6.24. The summed E-state index contributed by atoms with van der Waals surface area (Å²) >= 11 is 0. The Morgan fingerprint density at radius 3 is 2.67 bits per heavy atom. The van der Waals surface area contributed by atoms with Gasteiger partial charge in [0.05, 0.1) is 7.11 Å². The summed E-state index contributed by atoms with van der Waals surface area (Å²) in [5.41, 5.74) is 1.60. The van der Waals surface area contributed by atoms with Gasteiger partial charge < -0.3 is 14.8 Å². The average Bonchev–Trinajstić information content (AvgIpc) is 2.85. The molecule has 0 aliphatic carbocycles. The van der Waals surface area contributed by atoms with Crippen LogP contribution in [-0.2, 0) is 11.3 Å². The molecule has 27 heavy (non-hydrogen) atoms. The number of carbonyl (C=O) groups is 1. The van der Waals surface area contributed by atoms with E-state index in [2.05, 4.69) is 10.2 Å².